The topological polar surface area (TPSA) is 86.7 Å². The quantitative estimate of drug-likeness (QED) is 0.691. The maximum absolute atomic E-state index is 10.4. The van der Waals surface area contributed by atoms with Crippen molar-refractivity contribution in [3.8, 4) is 0 Å². The standard InChI is InChI=1S/C9H9N5O2/c15-5-7-3-14(13-11-7)4-8-10-9(12-16-8)6-1-2-6/h3,5-6H,1-2,4H2. The first kappa shape index (κ1) is 9.20. The predicted molar refractivity (Wildman–Crippen MR) is 50.8 cm³/mol. The van der Waals surface area contributed by atoms with Gasteiger partial charge in [-0.2, -0.15) is 4.98 Å². The summed E-state index contributed by atoms with van der Waals surface area (Å²) in [6.45, 7) is 0.348. The van der Waals surface area contributed by atoms with E-state index in [1.165, 1.54) is 10.9 Å². The molecule has 1 aliphatic carbocycles. The molecular formula is C9H9N5O2. The van der Waals surface area contributed by atoms with Gasteiger partial charge in [-0.3, -0.25) is 4.79 Å². The number of carbonyl (C=O) groups excluding carboxylic acids is 1. The summed E-state index contributed by atoms with van der Waals surface area (Å²) in [6.07, 6.45) is 4.45. The number of aldehydes is 1. The van der Waals surface area contributed by atoms with Gasteiger partial charge >= 0.3 is 0 Å². The van der Waals surface area contributed by atoms with Crippen LogP contribution in [0, 0.1) is 0 Å². The number of hydrogen-bond donors (Lipinski definition) is 0. The second-order valence-electron chi connectivity index (χ2n) is 3.78. The van der Waals surface area contributed by atoms with Gasteiger partial charge in [-0.1, -0.05) is 10.4 Å². The van der Waals surface area contributed by atoms with E-state index >= 15 is 0 Å². The zero-order valence-corrected chi connectivity index (χ0v) is 8.41. The monoisotopic (exact) mass is 219 g/mol. The molecule has 0 aliphatic heterocycles. The van der Waals surface area contributed by atoms with Gasteiger partial charge in [-0.15, -0.1) is 5.10 Å². The van der Waals surface area contributed by atoms with Crippen LogP contribution in [0.2, 0.25) is 0 Å². The minimum absolute atomic E-state index is 0.293. The number of aromatic nitrogens is 5. The van der Waals surface area contributed by atoms with E-state index in [0.29, 0.717) is 30.3 Å². The molecule has 3 rings (SSSR count). The van der Waals surface area contributed by atoms with Crippen LogP contribution in [0.4, 0.5) is 0 Å². The fourth-order valence-electron chi connectivity index (χ4n) is 1.42. The molecule has 0 radical (unpaired) electrons. The van der Waals surface area contributed by atoms with Crippen LogP contribution >= 0.6 is 0 Å². The van der Waals surface area contributed by atoms with Crippen molar-refractivity contribution >= 4 is 6.29 Å². The molecule has 2 aromatic rings. The Balaban J connectivity index is 1.74. The van der Waals surface area contributed by atoms with Crippen molar-refractivity contribution < 1.29 is 9.32 Å². The average Bonchev–Trinajstić information content (AvgIpc) is 2.88. The lowest BCUT2D eigenvalue weighted by molar-refractivity contribution is 0.111. The maximum atomic E-state index is 10.4. The minimum atomic E-state index is 0.293. The minimum Gasteiger partial charge on any atom is -0.337 e. The Bertz CT molecular complexity index is 513. The zero-order chi connectivity index (χ0) is 11.0. The van der Waals surface area contributed by atoms with Crippen molar-refractivity contribution in [2.45, 2.75) is 25.3 Å². The van der Waals surface area contributed by atoms with E-state index in [-0.39, 0.29) is 0 Å². The molecule has 1 saturated carbocycles. The Kier molecular flexibility index (Phi) is 2.02. The first-order valence-corrected chi connectivity index (χ1v) is 5.03. The van der Waals surface area contributed by atoms with E-state index in [2.05, 4.69) is 20.5 Å². The van der Waals surface area contributed by atoms with Gasteiger partial charge in [0.15, 0.2) is 12.1 Å². The molecule has 16 heavy (non-hydrogen) atoms. The van der Waals surface area contributed by atoms with Crippen molar-refractivity contribution in [3.05, 3.63) is 23.6 Å². The van der Waals surface area contributed by atoms with E-state index in [1.807, 2.05) is 0 Å². The predicted octanol–water partition coefficient (Wildman–Crippen LogP) is 0.399. The van der Waals surface area contributed by atoms with E-state index < -0.39 is 0 Å². The van der Waals surface area contributed by atoms with Gasteiger partial charge in [0, 0.05) is 5.92 Å². The summed E-state index contributed by atoms with van der Waals surface area (Å²) >= 11 is 0. The fraction of sp³-hybridized carbons (Fsp3) is 0.444. The van der Waals surface area contributed by atoms with Gasteiger partial charge in [-0.05, 0) is 12.8 Å². The van der Waals surface area contributed by atoms with Gasteiger partial charge in [0.1, 0.15) is 12.2 Å². The first-order valence-electron chi connectivity index (χ1n) is 5.03. The lowest BCUT2D eigenvalue weighted by Crippen LogP contribution is -2.00. The Morgan fingerprint density at radius 1 is 1.56 bits per heavy atom. The third-order valence-electron chi connectivity index (χ3n) is 2.40. The van der Waals surface area contributed by atoms with E-state index in [1.54, 1.807) is 0 Å². The third kappa shape index (κ3) is 1.71. The molecule has 2 aromatic heterocycles. The van der Waals surface area contributed by atoms with Crippen molar-refractivity contribution in [1.82, 2.24) is 25.1 Å². The van der Waals surface area contributed by atoms with Crippen LogP contribution in [0.25, 0.3) is 0 Å². The lowest BCUT2D eigenvalue weighted by atomic mass is 10.4. The Hall–Kier alpha value is -2.05. The van der Waals surface area contributed by atoms with E-state index in [9.17, 15) is 4.79 Å². The first-order chi connectivity index (χ1) is 7.85. The maximum Gasteiger partial charge on any atom is 0.248 e. The molecule has 0 saturated heterocycles. The largest absolute Gasteiger partial charge is 0.337 e. The lowest BCUT2D eigenvalue weighted by Gasteiger charge is -1.91. The smallest absolute Gasteiger partial charge is 0.248 e. The van der Waals surface area contributed by atoms with Crippen molar-refractivity contribution in [2.24, 2.45) is 0 Å². The normalized spacial score (nSPS) is 15.2. The summed E-state index contributed by atoms with van der Waals surface area (Å²) in [5.74, 6) is 1.73. The van der Waals surface area contributed by atoms with Gasteiger partial charge in [-0.25, -0.2) is 4.68 Å². The number of carbonyl (C=O) groups is 1. The molecule has 0 spiro atoms. The highest BCUT2D eigenvalue weighted by molar-refractivity contribution is 5.70. The van der Waals surface area contributed by atoms with Crippen LogP contribution in [0.1, 0.15) is 41.0 Å². The number of rotatable bonds is 4. The number of nitrogens with zero attached hydrogens (tertiary/aromatic N) is 5. The molecule has 1 aliphatic rings. The third-order valence-corrected chi connectivity index (χ3v) is 2.40. The van der Waals surface area contributed by atoms with Crippen molar-refractivity contribution in [1.29, 1.82) is 0 Å². The average molecular weight is 219 g/mol. The van der Waals surface area contributed by atoms with Crippen molar-refractivity contribution in [3.63, 3.8) is 0 Å². The van der Waals surface area contributed by atoms with Crippen LogP contribution in [-0.2, 0) is 6.54 Å². The molecular weight excluding hydrogens is 210 g/mol. The van der Waals surface area contributed by atoms with E-state index in [0.717, 1.165) is 18.7 Å². The second-order valence-corrected chi connectivity index (χ2v) is 3.78. The Morgan fingerprint density at radius 3 is 3.12 bits per heavy atom. The molecule has 0 N–H and O–H groups in total. The molecule has 7 heteroatoms. The molecule has 7 nitrogen and oxygen atoms in total. The van der Waals surface area contributed by atoms with Gasteiger partial charge in [0.05, 0.1) is 6.20 Å². The molecule has 82 valence electrons. The van der Waals surface area contributed by atoms with E-state index in [4.69, 9.17) is 4.52 Å². The van der Waals surface area contributed by atoms with Crippen LogP contribution in [0.3, 0.4) is 0 Å². The summed E-state index contributed by atoms with van der Waals surface area (Å²) in [4.78, 5) is 14.7. The second kappa shape index (κ2) is 3.51. The molecule has 0 bridgehead atoms. The fourth-order valence-corrected chi connectivity index (χ4v) is 1.42. The summed E-state index contributed by atoms with van der Waals surface area (Å²) in [5, 5.41) is 11.3. The highest BCUT2D eigenvalue weighted by atomic mass is 16.5. The molecule has 1 fully saturated rings. The highest BCUT2D eigenvalue weighted by Gasteiger charge is 2.28. The van der Waals surface area contributed by atoms with Gasteiger partial charge < -0.3 is 4.52 Å². The zero-order valence-electron chi connectivity index (χ0n) is 8.41. The van der Waals surface area contributed by atoms with Crippen molar-refractivity contribution in [2.75, 3.05) is 0 Å². The summed E-state index contributed by atoms with van der Waals surface area (Å²) < 4.78 is 6.57. The molecule has 0 amide bonds. The molecule has 2 heterocycles. The molecule has 0 atom stereocenters. The van der Waals surface area contributed by atoms with Gasteiger partial charge in [0.25, 0.3) is 0 Å². The highest BCUT2D eigenvalue weighted by Crippen LogP contribution is 2.38. The van der Waals surface area contributed by atoms with Gasteiger partial charge in [0.2, 0.25) is 5.89 Å². The van der Waals surface area contributed by atoms with Crippen LogP contribution in [0.5, 0.6) is 0 Å². The summed E-state index contributed by atoms with van der Waals surface area (Å²) in [7, 11) is 0. The van der Waals surface area contributed by atoms with Crippen LogP contribution in [0.15, 0.2) is 10.7 Å². The molecule has 0 unspecified atom stereocenters. The Labute approximate surface area is 90.4 Å². The SMILES string of the molecule is O=Cc1cn(Cc2nc(C3CC3)no2)nn1. The Morgan fingerprint density at radius 2 is 2.44 bits per heavy atom. The number of hydrogen-bond acceptors (Lipinski definition) is 6. The summed E-state index contributed by atoms with van der Waals surface area (Å²) in [6, 6.07) is 0. The van der Waals surface area contributed by atoms with Crippen LogP contribution < -0.4 is 0 Å². The summed E-state index contributed by atoms with van der Waals surface area (Å²) in [5.41, 5.74) is 0.293. The molecule has 0 aromatic carbocycles. The van der Waals surface area contributed by atoms with Crippen LogP contribution in [-0.4, -0.2) is 31.4 Å².